The summed E-state index contributed by atoms with van der Waals surface area (Å²) in [6.45, 7) is 0. The van der Waals surface area contributed by atoms with Crippen molar-refractivity contribution in [3.05, 3.63) is 128 Å². The molecule has 0 aliphatic heterocycles. The number of hydrogen-bond acceptors (Lipinski definition) is 5. The van der Waals surface area contributed by atoms with Crippen LogP contribution in [0.1, 0.15) is 0 Å². The monoisotopic (exact) mass is 555 g/mol. The molecule has 0 spiro atoms. The number of thiophene rings is 1. The first-order chi connectivity index (χ1) is 20.8. The summed E-state index contributed by atoms with van der Waals surface area (Å²) in [5, 5.41) is 5.94. The Morgan fingerprint density at radius 2 is 1.24 bits per heavy atom. The maximum atomic E-state index is 5.11. The van der Waals surface area contributed by atoms with Gasteiger partial charge in [0, 0.05) is 49.0 Å². The maximum absolute atomic E-state index is 5.11. The molecule has 0 bridgehead atoms. The van der Waals surface area contributed by atoms with E-state index >= 15 is 0 Å². The molecule has 5 nitrogen and oxygen atoms in total. The van der Waals surface area contributed by atoms with Gasteiger partial charge in [0.1, 0.15) is 0 Å². The van der Waals surface area contributed by atoms with Gasteiger partial charge >= 0.3 is 0 Å². The molecule has 0 radical (unpaired) electrons. The Morgan fingerprint density at radius 3 is 2.00 bits per heavy atom. The average Bonchev–Trinajstić information content (AvgIpc) is 3.59. The van der Waals surface area contributed by atoms with E-state index in [9.17, 15) is 0 Å². The molecule has 0 saturated heterocycles. The molecule has 0 amide bonds. The van der Waals surface area contributed by atoms with E-state index in [4.69, 9.17) is 15.0 Å². The summed E-state index contributed by atoms with van der Waals surface area (Å²) in [6, 6.07) is 41.9. The van der Waals surface area contributed by atoms with Crippen LogP contribution in [-0.2, 0) is 0 Å². The molecule has 0 fully saturated rings. The third-order valence-electron chi connectivity index (χ3n) is 7.88. The number of hydrogen-bond donors (Lipinski definition) is 0. The number of benzene rings is 5. The first-order valence-electron chi connectivity index (χ1n) is 13.8. The standard InChI is InChI=1S/C36H21N5S/c1-3-10-22(11-4-1)34-38-35(23-12-5-2-6-13-23)40-36(39-34)41-30-16-8-7-15-25(30)26-17-18-27-28-20-24-14-9-19-37-29(24)21-31(28)42-33(27)32(26)41/h1-21H. The van der Waals surface area contributed by atoms with Crippen LogP contribution in [0, 0.1) is 0 Å². The van der Waals surface area contributed by atoms with Crippen LogP contribution in [0.3, 0.4) is 0 Å². The summed E-state index contributed by atoms with van der Waals surface area (Å²) in [6.07, 6.45) is 1.85. The van der Waals surface area contributed by atoms with Crippen LogP contribution < -0.4 is 0 Å². The SMILES string of the molecule is c1ccc(-c2nc(-c3ccccc3)nc(-n3c4ccccc4c4ccc5c6cc7cccnc7cc6sc5c43)n2)cc1. The third kappa shape index (κ3) is 3.49. The number of nitrogens with zero attached hydrogens (tertiary/aromatic N) is 5. The lowest BCUT2D eigenvalue weighted by atomic mass is 10.1. The summed E-state index contributed by atoms with van der Waals surface area (Å²) in [5.74, 6) is 1.89. The summed E-state index contributed by atoms with van der Waals surface area (Å²) in [4.78, 5) is 19.8. The van der Waals surface area contributed by atoms with Gasteiger partial charge in [0.05, 0.1) is 21.3 Å². The molecule has 6 heteroatoms. The molecule has 5 aromatic carbocycles. The Hall–Kier alpha value is -5.46. The minimum absolute atomic E-state index is 0.602. The Bertz CT molecular complexity index is 2400. The smallest absolute Gasteiger partial charge is 0.238 e. The summed E-state index contributed by atoms with van der Waals surface area (Å²) in [7, 11) is 0. The highest BCUT2D eigenvalue weighted by molar-refractivity contribution is 7.26. The van der Waals surface area contributed by atoms with Gasteiger partial charge < -0.3 is 0 Å². The highest BCUT2D eigenvalue weighted by Crippen LogP contribution is 2.43. The predicted octanol–water partition coefficient (Wildman–Crippen LogP) is 9.22. The Kier molecular flexibility index (Phi) is 5.00. The van der Waals surface area contributed by atoms with Gasteiger partial charge in [-0.05, 0) is 24.3 Å². The molecule has 4 heterocycles. The molecule has 9 rings (SSSR count). The number of fused-ring (bicyclic) bond motifs is 8. The quantitative estimate of drug-likeness (QED) is 0.218. The van der Waals surface area contributed by atoms with Crippen LogP contribution in [0.15, 0.2) is 128 Å². The van der Waals surface area contributed by atoms with Crippen LogP contribution in [0.2, 0.25) is 0 Å². The van der Waals surface area contributed by atoms with E-state index in [1.807, 2.05) is 72.9 Å². The van der Waals surface area contributed by atoms with E-state index in [1.165, 1.54) is 30.9 Å². The van der Waals surface area contributed by atoms with Crippen molar-refractivity contribution in [3.8, 4) is 28.7 Å². The van der Waals surface area contributed by atoms with Crippen molar-refractivity contribution in [1.29, 1.82) is 0 Å². The molecule has 0 aliphatic rings. The van der Waals surface area contributed by atoms with E-state index in [0.29, 0.717) is 17.6 Å². The van der Waals surface area contributed by atoms with Gasteiger partial charge in [0.15, 0.2) is 11.6 Å². The first kappa shape index (κ1) is 23.3. The lowest BCUT2D eigenvalue weighted by molar-refractivity contribution is 0.955. The lowest BCUT2D eigenvalue weighted by Gasteiger charge is -2.11. The van der Waals surface area contributed by atoms with Gasteiger partial charge in [-0.25, -0.2) is 4.98 Å². The van der Waals surface area contributed by atoms with Crippen LogP contribution in [-0.4, -0.2) is 24.5 Å². The topological polar surface area (TPSA) is 56.5 Å². The van der Waals surface area contributed by atoms with E-state index < -0.39 is 0 Å². The van der Waals surface area contributed by atoms with Crippen molar-refractivity contribution < 1.29 is 0 Å². The molecule has 0 aliphatic carbocycles. The minimum atomic E-state index is 0.602. The Balaban J connectivity index is 1.42. The highest BCUT2D eigenvalue weighted by Gasteiger charge is 2.21. The van der Waals surface area contributed by atoms with Crippen LogP contribution in [0.5, 0.6) is 0 Å². The summed E-state index contributed by atoms with van der Waals surface area (Å²) in [5.41, 5.74) is 5.08. The fraction of sp³-hybridized carbons (Fsp3) is 0. The molecule has 0 unspecified atom stereocenters. The van der Waals surface area contributed by atoms with Crippen molar-refractivity contribution in [2.75, 3.05) is 0 Å². The zero-order chi connectivity index (χ0) is 27.6. The van der Waals surface area contributed by atoms with Crippen molar-refractivity contribution in [3.63, 3.8) is 0 Å². The lowest BCUT2D eigenvalue weighted by Crippen LogP contribution is -2.06. The number of pyridine rings is 1. The summed E-state index contributed by atoms with van der Waals surface area (Å²) < 4.78 is 4.64. The van der Waals surface area contributed by atoms with Gasteiger partial charge in [0.2, 0.25) is 5.95 Å². The normalized spacial score (nSPS) is 11.8. The van der Waals surface area contributed by atoms with E-state index in [0.717, 1.165) is 33.1 Å². The molecule has 0 N–H and O–H groups in total. The van der Waals surface area contributed by atoms with Crippen molar-refractivity contribution in [2.45, 2.75) is 0 Å². The predicted molar refractivity (Wildman–Crippen MR) is 173 cm³/mol. The largest absolute Gasteiger partial charge is 0.276 e. The van der Waals surface area contributed by atoms with Crippen molar-refractivity contribution in [2.24, 2.45) is 0 Å². The van der Waals surface area contributed by atoms with E-state index in [1.54, 1.807) is 11.3 Å². The van der Waals surface area contributed by atoms with Gasteiger partial charge in [0.25, 0.3) is 0 Å². The third-order valence-corrected chi connectivity index (χ3v) is 9.06. The van der Waals surface area contributed by atoms with Crippen molar-refractivity contribution in [1.82, 2.24) is 24.5 Å². The second-order valence-corrected chi connectivity index (χ2v) is 11.4. The maximum Gasteiger partial charge on any atom is 0.238 e. The van der Waals surface area contributed by atoms with Gasteiger partial charge in [-0.2, -0.15) is 9.97 Å². The molecule has 4 aromatic heterocycles. The van der Waals surface area contributed by atoms with E-state index in [-0.39, 0.29) is 0 Å². The van der Waals surface area contributed by atoms with Gasteiger partial charge in [-0.1, -0.05) is 97.1 Å². The zero-order valence-electron chi connectivity index (χ0n) is 22.3. The first-order valence-corrected chi connectivity index (χ1v) is 14.6. The van der Waals surface area contributed by atoms with Gasteiger partial charge in [-0.15, -0.1) is 11.3 Å². The second kappa shape index (κ2) is 9.03. The fourth-order valence-electron chi connectivity index (χ4n) is 5.95. The summed E-state index contributed by atoms with van der Waals surface area (Å²) >= 11 is 1.80. The number of rotatable bonds is 3. The molecule has 0 atom stereocenters. The molecular weight excluding hydrogens is 534 g/mol. The molecule has 0 saturated carbocycles. The highest BCUT2D eigenvalue weighted by atomic mass is 32.1. The van der Waals surface area contributed by atoms with Crippen LogP contribution in [0.25, 0.3) is 81.6 Å². The zero-order valence-corrected chi connectivity index (χ0v) is 23.1. The van der Waals surface area contributed by atoms with Crippen LogP contribution >= 0.6 is 11.3 Å². The number of aromatic nitrogens is 5. The molecule has 42 heavy (non-hydrogen) atoms. The Labute approximate surface area is 244 Å². The Morgan fingerprint density at radius 1 is 0.548 bits per heavy atom. The molecular formula is C36H21N5S. The minimum Gasteiger partial charge on any atom is -0.276 e. The average molecular weight is 556 g/mol. The van der Waals surface area contributed by atoms with E-state index in [2.05, 4.69) is 64.1 Å². The fourth-order valence-corrected chi connectivity index (χ4v) is 7.21. The van der Waals surface area contributed by atoms with Gasteiger partial charge in [-0.3, -0.25) is 9.55 Å². The molecule has 196 valence electrons. The second-order valence-electron chi connectivity index (χ2n) is 10.4. The number of para-hydroxylation sites is 1. The molecule has 9 aromatic rings. The van der Waals surface area contributed by atoms with Crippen molar-refractivity contribution >= 4 is 64.2 Å². The van der Waals surface area contributed by atoms with Crippen LogP contribution in [0.4, 0.5) is 0 Å².